The van der Waals surface area contributed by atoms with Gasteiger partial charge in [-0.1, -0.05) is 32.0 Å². The van der Waals surface area contributed by atoms with Crippen molar-refractivity contribution in [3.8, 4) is 0 Å². The van der Waals surface area contributed by atoms with Crippen LogP contribution in [0.5, 0.6) is 0 Å². The maximum atomic E-state index is 12.9. The van der Waals surface area contributed by atoms with Gasteiger partial charge in [0.1, 0.15) is 6.04 Å². The summed E-state index contributed by atoms with van der Waals surface area (Å²) in [5.41, 5.74) is 1.26. The van der Waals surface area contributed by atoms with Crippen molar-refractivity contribution in [2.45, 2.75) is 33.7 Å². The third-order valence-electron chi connectivity index (χ3n) is 5.77. The van der Waals surface area contributed by atoms with Crippen molar-refractivity contribution < 1.29 is 28.7 Å². The van der Waals surface area contributed by atoms with Crippen molar-refractivity contribution in [2.75, 3.05) is 25.0 Å². The number of nitrogens with one attached hydrogen (secondary N) is 1. The first kappa shape index (κ1) is 25.6. The highest BCUT2D eigenvalue weighted by Crippen LogP contribution is 2.27. The number of benzene rings is 2. The van der Waals surface area contributed by atoms with Crippen LogP contribution in [0.2, 0.25) is 0 Å². The zero-order chi connectivity index (χ0) is 25.7. The van der Waals surface area contributed by atoms with Crippen molar-refractivity contribution in [2.24, 2.45) is 5.92 Å². The summed E-state index contributed by atoms with van der Waals surface area (Å²) in [6, 6.07) is 11.7. The smallest absolute Gasteiger partial charge is 0.330 e. The minimum absolute atomic E-state index is 0.154. The van der Waals surface area contributed by atoms with E-state index >= 15 is 0 Å². The zero-order valence-electron chi connectivity index (χ0n) is 20.2. The van der Waals surface area contributed by atoms with Gasteiger partial charge in [-0.25, -0.2) is 4.79 Å². The summed E-state index contributed by atoms with van der Waals surface area (Å²) in [6.45, 7) is 7.65. The van der Waals surface area contributed by atoms with E-state index in [1.165, 1.54) is 12.1 Å². The lowest BCUT2D eigenvalue weighted by Gasteiger charge is -2.27. The molecule has 4 amide bonds. The van der Waals surface area contributed by atoms with Crippen LogP contribution in [-0.4, -0.2) is 65.1 Å². The van der Waals surface area contributed by atoms with Crippen LogP contribution >= 0.6 is 0 Å². The van der Waals surface area contributed by atoms with Crippen LogP contribution in [0.4, 0.5) is 5.69 Å². The standard InChI is InChI=1S/C26H29N3O6/c1-5-28(6-2)23(31)17-10-9-11-18(14-17)27-21(30)15-35-26(34)22(16(3)4)29-24(32)19-12-7-8-13-20(19)25(29)33/h7-14,16,22H,5-6,15H2,1-4H3,(H,27,30)/t22-/m0/s1. The Bertz CT molecular complexity index is 1120. The molecule has 1 N–H and O–H groups in total. The molecule has 9 nitrogen and oxygen atoms in total. The summed E-state index contributed by atoms with van der Waals surface area (Å²) >= 11 is 0. The van der Waals surface area contributed by atoms with E-state index in [9.17, 15) is 24.0 Å². The Labute approximate surface area is 204 Å². The number of hydrogen-bond acceptors (Lipinski definition) is 6. The first-order valence-corrected chi connectivity index (χ1v) is 11.5. The van der Waals surface area contributed by atoms with Gasteiger partial charge < -0.3 is 15.0 Å². The molecule has 35 heavy (non-hydrogen) atoms. The lowest BCUT2D eigenvalue weighted by atomic mass is 10.0. The van der Waals surface area contributed by atoms with Crippen LogP contribution in [0.1, 0.15) is 58.8 Å². The lowest BCUT2D eigenvalue weighted by Crippen LogP contribution is -2.49. The lowest BCUT2D eigenvalue weighted by molar-refractivity contribution is -0.152. The van der Waals surface area contributed by atoms with E-state index in [1.54, 1.807) is 55.1 Å². The molecule has 1 atom stereocenters. The summed E-state index contributed by atoms with van der Waals surface area (Å²) in [5.74, 6) is -3.19. The second-order valence-corrected chi connectivity index (χ2v) is 8.43. The van der Waals surface area contributed by atoms with Gasteiger partial charge in [-0.3, -0.25) is 24.1 Å². The van der Waals surface area contributed by atoms with Gasteiger partial charge in [-0.05, 0) is 50.1 Å². The fourth-order valence-corrected chi connectivity index (χ4v) is 3.98. The van der Waals surface area contributed by atoms with Crippen LogP contribution in [0, 0.1) is 5.92 Å². The summed E-state index contributed by atoms with van der Waals surface area (Å²) in [5, 5.41) is 2.60. The number of carbonyl (C=O) groups excluding carboxylic acids is 5. The van der Waals surface area contributed by atoms with Gasteiger partial charge in [0.15, 0.2) is 6.61 Å². The molecular formula is C26H29N3O6. The molecule has 0 unspecified atom stereocenters. The quantitative estimate of drug-likeness (QED) is 0.437. The van der Waals surface area contributed by atoms with E-state index in [0.717, 1.165) is 4.90 Å². The Morgan fingerprint density at radius 3 is 2.09 bits per heavy atom. The van der Waals surface area contributed by atoms with Crippen LogP contribution in [0.3, 0.4) is 0 Å². The van der Waals surface area contributed by atoms with E-state index in [1.807, 2.05) is 13.8 Å². The van der Waals surface area contributed by atoms with Crippen molar-refractivity contribution >= 4 is 35.3 Å². The fraction of sp³-hybridized carbons (Fsp3) is 0.346. The third-order valence-corrected chi connectivity index (χ3v) is 5.77. The second kappa shape index (κ2) is 10.9. The van der Waals surface area contributed by atoms with Crippen molar-refractivity contribution in [3.05, 3.63) is 65.2 Å². The van der Waals surface area contributed by atoms with Crippen LogP contribution in [0.25, 0.3) is 0 Å². The van der Waals surface area contributed by atoms with E-state index in [-0.39, 0.29) is 17.0 Å². The molecule has 9 heteroatoms. The topological polar surface area (TPSA) is 113 Å². The maximum Gasteiger partial charge on any atom is 0.330 e. The first-order valence-electron chi connectivity index (χ1n) is 11.5. The zero-order valence-corrected chi connectivity index (χ0v) is 20.2. The molecule has 0 bridgehead atoms. The number of hydrogen-bond donors (Lipinski definition) is 1. The molecule has 184 valence electrons. The summed E-state index contributed by atoms with van der Waals surface area (Å²) in [4.78, 5) is 66.0. The number of amides is 4. The highest BCUT2D eigenvalue weighted by molar-refractivity contribution is 6.22. The number of anilines is 1. The largest absolute Gasteiger partial charge is 0.454 e. The molecule has 2 aromatic carbocycles. The van der Waals surface area contributed by atoms with Gasteiger partial charge in [-0.2, -0.15) is 0 Å². The van der Waals surface area contributed by atoms with Crippen molar-refractivity contribution in [1.82, 2.24) is 9.80 Å². The molecule has 0 aromatic heterocycles. The Hall–Kier alpha value is -4.01. The number of imide groups is 1. The molecule has 0 spiro atoms. The van der Waals surface area contributed by atoms with Crippen LogP contribution < -0.4 is 5.32 Å². The van der Waals surface area contributed by atoms with E-state index < -0.39 is 42.3 Å². The van der Waals surface area contributed by atoms with Gasteiger partial charge in [-0.15, -0.1) is 0 Å². The predicted octanol–water partition coefficient (Wildman–Crippen LogP) is 2.97. The van der Waals surface area contributed by atoms with Gasteiger partial charge in [0.05, 0.1) is 11.1 Å². The minimum atomic E-state index is -1.18. The first-order chi connectivity index (χ1) is 16.7. The predicted molar refractivity (Wildman–Crippen MR) is 129 cm³/mol. The maximum absolute atomic E-state index is 12.9. The monoisotopic (exact) mass is 479 g/mol. The Balaban J connectivity index is 1.65. The second-order valence-electron chi connectivity index (χ2n) is 8.43. The molecular weight excluding hydrogens is 450 g/mol. The molecule has 2 aromatic rings. The van der Waals surface area contributed by atoms with Gasteiger partial charge in [0, 0.05) is 24.3 Å². The average molecular weight is 480 g/mol. The van der Waals surface area contributed by atoms with E-state index in [0.29, 0.717) is 24.3 Å². The number of fused-ring (bicyclic) bond motifs is 1. The molecule has 0 saturated carbocycles. The van der Waals surface area contributed by atoms with E-state index in [2.05, 4.69) is 5.32 Å². The molecule has 1 heterocycles. The highest BCUT2D eigenvalue weighted by Gasteiger charge is 2.44. The number of ether oxygens (including phenoxy) is 1. The van der Waals surface area contributed by atoms with E-state index in [4.69, 9.17) is 4.74 Å². The third kappa shape index (κ3) is 5.40. The average Bonchev–Trinajstić information content (AvgIpc) is 3.09. The van der Waals surface area contributed by atoms with Crippen LogP contribution in [0.15, 0.2) is 48.5 Å². The molecule has 0 saturated heterocycles. The Kier molecular flexibility index (Phi) is 8.01. The molecule has 1 aliphatic rings. The summed E-state index contributed by atoms with van der Waals surface area (Å²) < 4.78 is 5.19. The summed E-state index contributed by atoms with van der Waals surface area (Å²) in [7, 11) is 0. The Morgan fingerprint density at radius 2 is 1.54 bits per heavy atom. The number of rotatable bonds is 9. The van der Waals surface area contributed by atoms with Crippen molar-refractivity contribution in [3.63, 3.8) is 0 Å². The van der Waals surface area contributed by atoms with Gasteiger partial charge in [0.2, 0.25) is 0 Å². The molecule has 0 fully saturated rings. The SMILES string of the molecule is CCN(CC)C(=O)c1cccc(NC(=O)COC(=O)[C@H](C(C)C)N2C(=O)c3ccccc3C2=O)c1. The van der Waals surface area contributed by atoms with Crippen molar-refractivity contribution in [1.29, 1.82) is 0 Å². The number of esters is 1. The molecule has 3 rings (SSSR count). The number of nitrogens with zero attached hydrogens (tertiary/aromatic N) is 2. The molecule has 0 aliphatic carbocycles. The molecule has 1 aliphatic heterocycles. The van der Waals surface area contributed by atoms with Crippen LogP contribution in [-0.2, 0) is 14.3 Å². The van der Waals surface area contributed by atoms with Gasteiger partial charge >= 0.3 is 5.97 Å². The Morgan fingerprint density at radius 1 is 0.943 bits per heavy atom. The molecule has 0 radical (unpaired) electrons. The normalized spacial score (nSPS) is 13.5. The fourth-order valence-electron chi connectivity index (χ4n) is 3.98. The van der Waals surface area contributed by atoms with Gasteiger partial charge in [0.25, 0.3) is 23.6 Å². The minimum Gasteiger partial charge on any atom is -0.454 e. The highest BCUT2D eigenvalue weighted by atomic mass is 16.5. The number of carbonyl (C=O) groups is 5. The summed E-state index contributed by atoms with van der Waals surface area (Å²) in [6.07, 6.45) is 0.